The number of carboxylic acids is 2. The molecule has 0 saturated carbocycles. The standard InChI is InChI=1S/C8H12O4.C4H4O4.Zn/c1-3-11-7(9)5-6-8(10)12-4-2;5-3(6)1-2-4(7)8;/h5-6H,3-4H2,1-2H3;1-2H,(H,5,6)(H,7,8);/q;;+2/p-2/b6-5+;2-1+;. The first-order valence-corrected chi connectivity index (χ1v) is 5.45. The predicted octanol–water partition coefficient (Wildman–Crippen LogP) is -2.29. The zero-order valence-electron chi connectivity index (χ0n) is 11.7. The molecule has 0 heterocycles. The van der Waals surface area contributed by atoms with Crippen LogP contribution in [0.2, 0.25) is 0 Å². The molecule has 0 aromatic rings. The van der Waals surface area contributed by atoms with Gasteiger partial charge in [-0.05, 0) is 26.0 Å². The molecule has 0 spiro atoms. The fourth-order valence-corrected chi connectivity index (χ4v) is 0.653. The summed E-state index contributed by atoms with van der Waals surface area (Å²) in [6, 6.07) is 0. The van der Waals surface area contributed by atoms with Crippen LogP contribution in [0.4, 0.5) is 0 Å². The number of hydrogen-bond donors (Lipinski definition) is 0. The van der Waals surface area contributed by atoms with Gasteiger partial charge in [-0.25, -0.2) is 9.59 Å². The number of carbonyl (C=O) groups excluding carboxylic acids is 4. The van der Waals surface area contributed by atoms with Crippen molar-refractivity contribution >= 4 is 23.9 Å². The van der Waals surface area contributed by atoms with E-state index < -0.39 is 23.9 Å². The van der Waals surface area contributed by atoms with Crippen LogP contribution in [0, 0.1) is 0 Å². The van der Waals surface area contributed by atoms with Gasteiger partial charge in [0.2, 0.25) is 0 Å². The van der Waals surface area contributed by atoms with E-state index in [1.807, 2.05) is 0 Å². The molecule has 21 heavy (non-hydrogen) atoms. The zero-order chi connectivity index (χ0) is 16.0. The average Bonchev–Trinajstić information content (AvgIpc) is 2.35. The van der Waals surface area contributed by atoms with Crippen LogP contribution in [-0.4, -0.2) is 37.1 Å². The summed E-state index contributed by atoms with van der Waals surface area (Å²) in [6.45, 7) is 3.98. The van der Waals surface area contributed by atoms with E-state index in [-0.39, 0.29) is 19.5 Å². The summed E-state index contributed by atoms with van der Waals surface area (Å²) < 4.78 is 9.07. The molecule has 0 aliphatic heterocycles. The van der Waals surface area contributed by atoms with Crippen molar-refractivity contribution < 1.29 is 58.3 Å². The van der Waals surface area contributed by atoms with E-state index in [0.717, 1.165) is 12.2 Å². The maximum atomic E-state index is 10.6. The first kappa shape index (κ1) is 24.0. The number of esters is 2. The van der Waals surface area contributed by atoms with E-state index in [2.05, 4.69) is 9.47 Å². The normalized spacial score (nSPS) is 9.24. The van der Waals surface area contributed by atoms with Crippen molar-refractivity contribution in [1.82, 2.24) is 0 Å². The van der Waals surface area contributed by atoms with E-state index in [1.54, 1.807) is 13.8 Å². The van der Waals surface area contributed by atoms with Gasteiger partial charge < -0.3 is 29.3 Å². The summed E-state index contributed by atoms with van der Waals surface area (Å²) >= 11 is 0. The summed E-state index contributed by atoms with van der Waals surface area (Å²) in [5, 5.41) is 18.8. The van der Waals surface area contributed by atoms with E-state index in [0.29, 0.717) is 25.4 Å². The van der Waals surface area contributed by atoms with Crippen LogP contribution in [-0.2, 0) is 48.1 Å². The van der Waals surface area contributed by atoms with Gasteiger partial charge in [-0.1, -0.05) is 0 Å². The van der Waals surface area contributed by atoms with Crippen molar-refractivity contribution in [3.8, 4) is 0 Å². The predicted molar refractivity (Wildman–Crippen MR) is 61.6 cm³/mol. The fourth-order valence-electron chi connectivity index (χ4n) is 0.653. The van der Waals surface area contributed by atoms with Crippen molar-refractivity contribution in [1.29, 1.82) is 0 Å². The number of rotatable bonds is 6. The molecule has 0 aliphatic carbocycles. The van der Waals surface area contributed by atoms with E-state index in [9.17, 15) is 29.4 Å². The van der Waals surface area contributed by atoms with Gasteiger partial charge in [0.15, 0.2) is 0 Å². The molecule has 8 nitrogen and oxygen atoms in total. The second-order valence-electron chi connectivity index (χ2n) is 2.81. The van der Waals surface area contributed by atoms with E-state index in [4.69, 9.17) is 0 Å². The monoisotopic (exact) mass is 350 g/mol. The van der Waals surface area contributed by atoms with E-state index in [1.165, 1.54) is 0 Å². The molecule has 0 aliphatic rings. The van der Waals surface area contributed by atoms with Crippen LogP contribution < -0.4 is 10.2 Å². The third kappa shape index (κ3) is 23.5. The molecule has 9 heteroatoms. The molecule has 0 bridgehead atoms. The summed E-state index contributed by atoms with van der Waals surface area (Å²) in [7, 11) is 0. The Balaban J connectivity index is -0.000000317. The zero-order valence-corrected chi connectivity index (χ0v) is 14.7. The first-order valence-electron chi connectivity index (χ1n) is 5.45. The maximum absolute atomic E-state index is 10.6. The molecule has 0 aromatic carbocycles. The third-order valence-electron chi connectivity index (χ3n) is 1.28. The molecule has 0 aromatic heterocycles. The van der Waals surface area contributed by atoms with Crippen LogP contribution >= 0.6 is 0 Å². The second kappa shape index (κ2) is 16.0. The van der Waals surface area contributed by atoms with Gasteiger partial charge in [-0.15, -0.1) is 0 Å². The molecule has 0 atom stereocenters. The molecule has 0 radical (unpaired) electrons. The molecule has 0 unspecified atom stereocenters. The molecule has 0 amide bonds. The Kier molecular flexibility index (Phi) is 18.4. The minimum atomic E-state index is -1.55. The summed E-state index contributed by atoms with van der Waals surface area (Å²) in [5.41, 5.74) is 0. The number of carbonyl (C=O) groups is 4. The first-order chi connectivity index (χ1) is 9.33. The second-order valence-corrected chi connectivity index (χ2v) is 2.81. The van der Waals surface area contributed by atoms with Crippen molar-refractivity contribution in [2.75, 3.05) is 13.2 Å². The van der Waals surface area contributed by atoms with Crippen LogP contribution in [0.5, 0.6) is 0 Å². The van der Waals surface area contributed by atoms with Crippen molar-refractivity contribution in [2.24, 2.45) is 0 Å². The largest absolute Gasteiger partial charge is 2.00 e. The van der Waals surface area contributed by atoms with Gasteiger partial charge >= 0.3 is 31.4 Å². The SMILES string of the molecule is CCOC(=O)/C=C/C(=O)OCC.O=C([O-])/C=C/C(=O)[O-].[Zn+2]. The number of ether oxygens (including phenoxy) is 2. The number of carboxylic acid groups (broad SMARTS) is 2. The van der Waals surface area contributed by atoms with Crippen LogP contribution in [0.3, 0.4) is 0 Å². The van der Waals surface area contributed by atoms with E-state index >= 15 is 0 Å². The third-order valence-corrected chi connectivity index (χ3v) is 1.28. The molecule has 112 valence electrons. The Bertz CT molecular complexity index is 364. The Morgan fingerprint density at radius 3 is 1.24 bits per heavy atom. The quantitative estimate of drug-likeness (QED) is 0.296. The van der Waals surface area contributed by atoms with Gasteiger partial charge in [-0.2, -0.15) is 0 Å². The Labute approximate surface area is 134 Å². The maximum Gasteiger partial charge on any atom is 2.00 e. The molecule has 0 rings (SSSR count). The van der Waals surface area contributed by atoms with Crippen molar-refractivity contribution in [3.05, 3.63) is 24.3 Å². The van der Waals surface area contributed by atoms with Crippen LogP contribution in [0.1, 0.15) is 13.8 Å². The minimum Gasteiger partial charge on any atom is -0.545 e. The molecule has 0 fully saturated rings. The average molecular weight is 352 g/mol. The summed E-state index contributed by atoms with van der Waals surface area (Å²) in [6.07, 6.45) is 2.85. The summed E-state index contributed by atoms with van der Waals surface area (Å²) in [5.74, 6) is -4.17. The van der Waals surface area contributed by atoms with Gasteiger partial charge in [0, 0.05) is 12.2 Å². The minimum absolute atomic E-state index is 0. The Hall–Kier alpha value is -2.02. The molecule has 0 N–H and O–H groups in total. The number of hydrogen-bond acceptors (Lipinski definition) is 8. The molecule has 0 saturated heterocycles. The molecular weight excluding hydrogens is 338 g/mol. The van der Waals surface area contributed by atoms with Crippen LogP contribution in [0.25, 0.3) is 0 Å². The Morgan fingerprint density at radius 1 is 0.762 bits per heavy atom. The van der Waals surface area contributed by atoms with Crippen LogP contribution in [0.15, 0.2) is 24.3 Å². The molecular formula is C12H14O8Zn. The van der Waals surface area contributed by atoms with Gasteiger partial charge in [-0.3, -0.25) is 0 Å². The van der Waals surface area contributed by atoms with Gasteiger partial charge in [0.05, 0.1) is 25.2 Å². The smallest absolute Gasteiger partial charge is 0.545 e. The van der Waals surface area contributed by atoms with Gasteiger partial charge in [0.1, 0.15) is 0 Å². The summed E-state index contributed by atoms with van der Waals surface area (Å²) in [4.78, 5) is 40.1. The fraction of sp³-hybridized carbons (Fsp3) is 0.333. The Morgan fingerprint density at radius 2 is 1.05 bits per heavy atom. The number of aliphatic carboxylic acids is 2. The van der Waals surface area contributed by atoms with Gasteiger partial charge in [0.25, 0.3) is 0 Å². The van der Waals surface area contributed by atoms with Crippen molar-refractivity contribution in [2.45, 2.75) is 13.8 Å². The topological polar surface area (TPSA) is 133 Å². The van der Waals surface area contributed by atoms with Crippen molar-refractivity contribution in [3.63, 3.8) is 0 Å².